The summed E-state index contributed by atoms with van der Waals surface area (Å²) in [5.41, 5.74) is 3.93. The summed E-state index contributed by atoms with van der Waals surface area (Å²) in [4.78, 5) is 9.03. The molecule has 0 unspecified atom stereocenters. The zero-order valence-electron chi connectivity index (χ0n) is 16.4. The third-order valence-electron chi connectivity index (χ3n) is 4.67. The van der Waals surface area contributed by atoms with Crippen molar-refractivity contribution >= 4 is 11.5 Å². The molecular weight excluding hydrogens is 369 g/mol. The van der Waals surface area contributed by atoms with Gasteiger partial charge in [-0.15, -0.1) is 0 Å². The zero-order chi connectivity index (χ0) is 20.2. The largest absolute Gasteiger partial charge is 0.481 e. The topological polar surface area (TPSA) is 64.3 Å². The van der Waals surface area contributed by atoms with Gasteiger partial charge in [-0.1, -0.05) is 19.4 Å². The molecule has 0 aliphatic rings. The number of methoxy groups -OCH3 is 1. The highest BCUT2D eigenvalue weighted by Gasteiger charge is 2.19. The minimum absolute atomic E-state index is 0.291. The van der Waals surface area contributed by atoms with Crippen molar-refractivity contribution in [3.05, 3.63) is 60.5 Å². The van der Waals surface area contributed by atoms with E-state index >= 15 is 0 Å². The average Bonchev–Trinajstić information content (AvgIpc) is 3.14. The fourth-order valence-electron chi connectivity index (χ4n) is 3.22. The summed E-state index contributed by atoms with van der Waals surface area (Å²) < 4.78 is 20.7. The van der Waals surface area contributed by atoms with Crippen molar-refractivity contribution in [2.75, 3.05) is 19.0 Å². The molecule has 29 heavy (non-hydrogen) atoms. The Balaban J connectivity index is 1.89. The summed E-state index contributed by atoms with van der Waals surface area (Å²) in [6.45, 7) is 2.95. The van der Waals surface area contributed by atoms with Crippen LogP contribution in [0.2, 0.25) is 0 Å². The van der Waals surface area contributed by atoms with E-state index in [9.17, 15) is 4.39 Å². The van der Waals surface area contributed by atoms with Gasteiger partial charge in [0.15, 0.2) is 0 Å². The van der Waals surface area contributed by atoms with Crippen molar-refractivity contribution in [2.45, 2.75) is 19.8 Å². The van der Waals surface area contributed by atoms with E-state index in [1.165, 1.54) is 12.1 Å². The van der Waals surface area contributed by atoms with Gasteiger partial charge in [0.05, 0.1) is 23.9 Å². The van der Waals surface area contributed by atoms with Crippen LogP contribution in [0.1, 0.15) is 19.8 Å². The van der Waals surface area contributed by atoms with Crippen molar-refractivity contribution in [3.8, 4) is 28.4 Å². The van der Waals surface area contributed by atoms with Gasteiger partial charge < -0.3 is 10.1 Å². The molecule has 0 aliphatic heterocycles. The smallest absolute Gasteiger partial charge is 0.223 e. The number of nitrogens with one attached hydrogen (secondary N) is 1. The summed E-state index contributed by atoms with van der Waals surface area (Å²) >= 11 is 0. The average molecular weight is 391 g/mol. The minimum Gasteiger partial charge on any atom is -0.481 e. The molecule has 7 heteroatoms. The van der Waals surface area contributed by atoms with E-state index in [0.717, 1.165) is 41.7 Å². The van der Waals surface area contributed by atoms with Crippen molar-refractivity contribution in [2.24, 2.45) is 0 Å². The Bertz CT molecular complexity index is 1120. The highest BCUT2D eigenvalue weighted by molar-refractivity contribution is 5.91. The van der Waals surface area contributed by atoms with Crippen LogP contribution in [0.15, 0.2) is 54.7 Å². The Labute approximate surface area is 168 Å². The predicted octanol–water partition coefficient (Wildman–Crippen LogP) is 4.82. The Morgan fingerprint density at radius 3 is 2.69 bits per heavy atom. The molecule has 0 saturated carbocycles. The van der Waals surface area contributed by atoms with E-state index in [2.05, 4.69) is 17.2 Å². The molecule has 3 aromatic heterocycles. The summed E-state index contributed by atoms with van der Waals surface area (Å²) in [6, 6.07) is 13.9. The summed E-state index contributed by atoms with van der Waals surface area (Å²) in [6.07, 6.45) is 3.87. The van der Waals surface area contributed by atoms with Gasteiger partial charge in [-0.05, 0) is 42.8 Å². The maximum Gasteiger partial charge on any atom is 0.223 e. The molecule has 0 saturated heterocycles. The number of halogens is 1. The van der Waals surface area contributed by atoms with Crippen LogP contribution in [0.4, 0.5) is 10.3 Å². The molecule has 0 fully saturated rings. The van der Waals surface area contributed by atoms with Crippen molar-refractivity contribution in [1.82, 2.24) is 19.6 Å². The SMILES string of the molecule is CCCCNc1nccc(-c2c(-c3ccc(F)cc3)nn3c(OC)cccc23)n1. The number of aromatic nitrogens is 4. The second kappa shape index (κ2) is 8.26. The molecular formula is C22H22FN5O. The molecule has 148 valence electrons. The number of hydrogen-bond acceptors (Lipinski definition) is 5. The maximum atomic E-state index is 13.5. The number of fused-ring (bicyclic) bond motifs is 1. The first-order chi connectivity index (χ1) is 14.2. The fourth-order valence-corrected chi connectivity index (χ4v) is 3.22. The number of anilines is 1. The number of nitrogens with zero attached hydrogens (tertiary/aromatic N) is 4. The normalized spacial score (nSPS) is 11.0. The molecule has 4 aromatic rings. The molecule has 0 spiro atoms. The molecule has 1 aromatic carbocycles. The Morgan fingerprint density at radius 2 is 1.93 bits per heavy atom. The molecule has 0 bridgehead atoms. The predicted molar refractivity (Wildman–Crippen MR) is 112 cm³/mol. The molecule has 3 heterocycles. The van der Waals surface area contributed by atoms with Gasteiger partial charge in [-0.25, -0.2) is 14.4 Å². The quantitative estimate of drug-likeness (QED) is 0.458. The summed E-state index contributed by atoms with van der Waals surface area (Å²) in [5.74, 6) is 0.886. The Kier molecular flexibility index (Phi) is 5.37. The number of hydrogen-bond donors (Lipinski definition) is 1. The third kappa shape index (κ3) is 3.76. The first-order valence-corrected chi connectivity index (χ1v) is 9.60. The van der Waals surface area contributed by atoms with Gasteiger partial charge in [0.2, 0.25) is 11.8 Å². The molecule has 1 N–H and O–H groups in total. The van der Waals surface area contributed by atoms with Gasteiger partial charge in [-0.3, -0.25) is 0 Å². The van der Waals surface area contributed by atoms with E-state index in [4.69, 9.17) is 14.8 Å². The second-order valence-corrected chi connectivity index (χ2v) is 6.64. The van der Waals surface area contributed by atoms with Crippen LogP contribution in [0.5, 0.6) is 5.88 Å². The molecule has 0 radical (unpaired) electrons. The third-order valence-corrected chi connectivity index (χ3v) is 4.67. The molecule has 6 nitrogen and oxygen atoms in total. The molecule has 0 aliphatic carbocycles. The van der Waals surface area contributed by atoms with Crippen LogP contribution < -0.4 is 10.1 Å². The lowest BCUT2D eigenvalue weighted by Gasteiger charge is -2.07. The van der Waals surface area contributed by atoms with Crippen LogP contribution in [0, 0.1) is 5.82 Å². The first-order valence-electron chi connectivity index (χ1n) is 9.60. The van der Waals surface area contributed by atoms with Crippen molar-refractivity contribution in [1.29, 1.82) is 0 Å². The Morgan fingerprint density at radius 1 is 1.10 bits per heavy atom. The summed E-state index contributed by atoms with van der Waals surface area (Å²) in [7, 11) is 1.61. The number of rotatable bonds is 7. The summed E-state index contributed by atoms with van der Waals surface area (Å²) in [5, 5.41) is 8.01. The zero-order valence-corrected chi connectivity index (χ0v) is 16.4. The van der Waals surface area contributed by atoms with Gasteiger partial charge >= 0.3 is 0 Å². The monoisotopic (exact) mass is 391 g/mol. The lowest BCUT2D eigenvalue weighted by Crippen LogP contribution is -2.05. The van der Waals surface area contributed by atoms with Crippen LogP contribution >= 0.6 is 0 Å². The highest BCUT2D eigenvalue weighted by atomic mass is 19.1. The van der Waals surface area contributed by atoms with Crippen LogP contribution in [-0.2, 0) is 0 Å². The van der Waals surface area contributed by atoms with E-state index in [0.29, 0.717) is 17.5 Å². The lowest BCUT2D eigenvalue weighted by molar-refractivity contribution is 0.386. The Hall–Kier alpha value is -3.48. The van der Waals surface area contributed by atoms with Gasteiger partial charge in [-0.2, -0.15) is 9.61 Å². The molecule has 4 rings (SSSR count). The minimum atomic E-state index is -0.291. The van der Waals surface area contributed by atoms with E-state index < -0.39 is 0 Å². The first kappa shape index (κ1) is 18.9. The van der Waals surface area contributed by atoms with E-state index in [1.54, 1.807) is 30.0 Å². The maximum absolute atomic E-state index is 13.5. The van der Waals surface area contributed by atoms with Crippen molar-refractivity contribution in [3.63, 3.8) is 0 Å². The lowest BCUT2D eigenvalue weighted by atomic mass is 10.0. The van der Waals surface area contributed by atoms with Gasteiger partial charge in [0.25, 0.3) is 0 Å². The number of ether oxygens (including phenoxy) is 1. The van der Waals surface area contributed by atoms with E-state index in [-0.39, 0.29) is 5.82 Å². The number of pyridine rings is 1. The number of unbranched alkanes of at least 4 members (excludes halogenated alkanes) is 1. The number of benzene rings is 1. The molecule has 0 atom stereocenters. The van der Waals surface area contributed by atoms with Gasteiger partial charge in [0, 0.05) is 24.4 Å². The second-order valence-electron chi connectivity index (χ2n) is 6.64. The van der Waals surface area contributed by atoms with Gasteiger partial charge in [0.1, 0.15) is 11.5 Å². The fraction of sp³-hybridized carbons (Fsp3) is 0.227. The molecule has 0 amide bonds. The van der Waals surface area contributed by atoms with Crippen LogP contribution in [0.25, 0.3) is 28.0 Å². The highest BCUT2D eigenvalue weighted by Crippen LogP contribution is 2.36. The van der Waals surface area contributed by atoms with E-state index in [1.807, 2.05) is 24.3 Å². The standard InChI is InChI=1S/C22H22FN5O/c1-3-4-13-24-22-25-14-12-17(26-22)20-18-6-5-7-19(29-2)28(18)27-21(20)15-8-10-16(23)11-9-15/h5-12,14H,3-4,13H2,1-2H3,(H,24,25,26). The van der Waals surface area contributed by atoms with Crippen LogP contribution in [0.3, 0.4) is 0 Å². The van der Waals surface area contributed by atoms with Crippen molar-refractivity contribution < 1.29 is 9.13 Å². The van der Waals surface area contributed by atoms with Crippen LogP contribution in [-0.4, -0.2) is 33.2 Å².